The monoisotopic (exact) mass is 527 g/mol. The van der Waals surface area contributed by atoms with Crippen molar-refractivity contribution in [2.45, 2.75) is 85.0 Å². The summed E-state index contributed by atoms with van der Waals surface area (Å²) in [5.74, 6) is 1.23. The van der Waals surface area contributed by atoms with Crippen LogP contribution in [-0.2, 0) is 25.4 Å². The van der Waals surface area contributed by atoms with Gasteiger partial charge in [0, 0.05) is 19.4 Å². The molecule has 7 heteroatoms. The highest BCUT2D eigenvalue weighted by molar-refractivity contribution is 5.81. The summed E-state index contributed by atoms with van der Waals surface area (Å²) in [6.45, 7) is 12.2. The highest BCUT2D eigenvalue weighted by Crippen LogP contribution is 2.28. The van der Waals surface area contributed by atoms with Gasteiger partial charge in [0.05, 0.1) is 13.7 Å². The molecule has 0 radical (unpaired) electrons. The molecule has 1 fully saturated rings. The Labute approximate surface area is 228 Å². The number of carbonyl (C=O) groups excluding carboxylic acids is 2. The van der Waals surface area contributed by atoms with Gasteiger partial charge in [0.1, 0.15) is 23.5 Å². The summed E-state index contributed by atoms with van der Waals surface area (Å²) in [5, 5.41) is 2.47. The van der Waals surface area contributed by atoms with E-state index in [0.717, 1.165) is 24.7 Å². The molecule has 0 heterocycles. The Morgan fingerprint density at radius 2 is 1.74 bits per heavy atom. The Hall–Kier alpha value is -3.06. The molecule has 0 unspecified atom stereocenters. The SMILES string of the molecule is COc1ccc(C)cc1Cc1ccccc1.C[C@H](NC(=O)OC(C)(C)C)C(=O)O[C@@H](C)CCOCC1CC1. The van der Waals surface area contributed by atoms with Crippen LogP contribution >= 0.6 is 0 Å². The van der Waals surface area contributed by atoms with E-state index in [1.54, 1.807) is 34.8 Å². The number of esters is 1. The minimum atomic E-state index is -0.746. The molecule has 0 aliphatic heterocycles. The second-order valence-corrected chi connectivity index (χ2v) is 10.9. The van der Waals surface area contributed by atoms with Gasteiger partial charge in [0.25, 0.3) is 0 Å². The minimum Gasteiger partial charge on any atom is -0.496 e. The van der Waals surface area contributed by atoms with Crippen LogP contribution in [0.2, 0.25) is 0 Å². The highest BCUT2D eigenvalue weighted by Gasteiger charge is 2.24. The maximum atomic E-state index is 11.9. The van der Waals surface area contributed by atoms with E-state index in [1.165, 1.54) is 29.5 Å². The lowest BCUT2D eigenvalue weighted by Crippen LogP contribution is -2.43. The van der Waals surface area contributed by atoms with Gasteiger partial charge in [0.2, 0.25) is 0 Å². The van der Waals surface area contributed by atoms with Crippen LogP contribution in [0.25, 0.3) is 0 Å². The van der Waals surface area contributed by atoms with E-state index in [9.17, 15) is 9.59 Å². The quantitative estimate of drug-likeness (QED) is 0.275. The molecular formula is C31H45NO6. The Balaban J connectivity index is 0.000000279. The van der Waals surface area contributed by atoms with Gasteiger partial charge in [-0.05, 0) is 77.5 Å². The van der Waals surface area contributed by atoms with Gasteiger partial charge in [-0.1, -0.05) is 48.0 Å². The average molecular weight is 528 g/mol. The summed E-state index contributed by atoms with van der Waals surface area (Å²) in [6.07, 6.45) is 3.23. The van der Waals surface area contributed by atoms with Crippen molar-refractivity contribution < 1.29 is 28.5 Å². The molecule has 2 aromatic rings. The predicted octanol–water partition coefficient (Wildman–Crippen LogP) is 6.24. The zero-order chi connectivity index (χ0) is 28.1. The van der Waals surface area contributed by atoms with Crippen molar-refractivity contribution >= 4 is 12.1 Å². The van der Waals surface area contributed by atoms with Crippen molar-refractivity contribution in [2.24, 2.45) is 5.92 Å². The second kappa shape index (κ2) is 15.4. The standard InChI is InChI=1S/C16H29NO5.C15H16O/c1-11(8-9-20-10-13-6-7-13)21-14(18)12(2)17-15(19)22-16(3,4)5;1-12-8-9-15(16-2)14(10-12)11-13-6-4-3-5-7-13/h11-13H,6-10H2,1-5H3,(H,17,19);3-10H,11H2,1-2H3/t11-,12-;/m0./s1. The zero-order valence-electron chi connectivity index (χ0n) is 24.0. The minimum absolute atomic E-state index is 0.241. The third-order valence-corrected chi connectivity index (χ3v) is 5.80. The number of methoxy groups -OCH3 is 1. The third-order valence-electron chi connectivity index (χ3n) is 5.80. The predicted molar refractivity (Wildman–Crippen MR) is 150 cm³/mol. The smallest absolute Gasteiger partial charge is 0.408 e. The second-order valence-electron chi connectivity index (χ2n) is 10.9. The third kappa shape index (κ3) is 13.0. The molecule has 210 valence electrons. The molecule has 1 aliphatic carbocycles. The van der Waals surface area contributed by atoms with E-state index in [0.29, 0.717) is 13.0 Å². The number of rotatable bonds is 11. The van der Waals surface area contributed by atoms with Gasteiger partial charge in [0.15, 0.2) is 0 Å². The van der Waals surface area contributed by atoms with Crippen LogP contribution in [0.4, 0.5) is 4.79 Å². The van der Waals surface area contributed by atoms with E-state index in [2.05, 4.69) is 48.6 Å². The maximum Gasteiger partial charge on any atom is 0.408 e. The van der Waals surface area contributed by atoms with E-state index in [4.69, 9.17) is 18.9 Å². The molecule has 1 N–H and O–H groups in total. The van der Waals surface area contributed by atoms with Crippen LogP contribution in [0.3, 0.4) is 0 Å². The number of hydrogen-bond donors (Lipinski definition) is 1. The number of alkyl carbamates (subject to hydrolysis) is 1. The van der Waals surface area contributed by atoms with Crippen molar-refractivity contribution in [3.63, 3.8) is 0 Å². The molecule has 0 bridgehead atoms. The molecule has 0 aromatic heterocycles. The first-order valence-corrected chi connectivity index (χ1v) is 13.4. The van der Waals surface area contributed by atoms with Crippen LogP contribution in [-0.4, -0.2) is 50.1 Å². The molecule has 0 saturated heterocycles. The Morgan fingerprint density at radius 3 is 2.34 bits per heavy atom. The van der Waals surface area contributed by atoms with Crippen molar-refractivity contribution in [2.75, 3.05) is 20.3 Å². The van der Waals surface area contributed by atoms with E-state index in [-0.39, 0.29) is 6.10 Å². The number of nitrogens with one attached hydrogen (secondary N) is 1. The van der Waals surface area contributed by atoms with E-state index < -0.39 is 23.7 Å². The number of ether oxygens (including phenoxy) is 4. The molecule has 0 spiro atoms. The Kier molecular flexibility index (Phi) is 12.6. The molecule has 1 amide bonds. The molecule has 38 heavy (non-hydrogen) atoms. The van der Waals surface area contributed by atoms with Crippen molar-refractivity contribution in [1.29, 1.82) is 0 Å². The topological polar surface area (TPSA) is 83.1 Å². The lowest BCUT2D eigenvalue weighted by Gasteiger charge is -2.22. The summed E-state index contributed by atoms with van der Waals surface area (Å²) in [5.41, 5.74) is 3.23. The number of aryl methyl sites for hydroxylation is 1. The summed E-state index contributed by atoms with van der Waals surface area (Å²) >= 11 is 0. The molecule has 7 nitrogen and oxygen atoms in total. The van der Waals surface area contributed by atoms with Gasteiger partial charge in [-0.3, -0.25) is 0 Å². The van der Waals surface area contributed by atoms with Crippen LogP contribution in [0.1, 0.15) is 70.6 Å². The molecule has 1 saturated carbocycles. The van der Waals surface area contributed by atoms with Crippen LogP contribution in [0.5, 0.6) is 5.75 Å². The van der Waals surface area contributed by atoms with Crippen LogP contribution in [0.15, 0.2) is 48.5 Å². The Bertz CT molecular complexity index is 997. The fourth-order valence-electron chi connectivity index (χ4n) is 3.55. The number of carbonyl (C=O) groups is 2. The first-order chi connectivity index (χ1) is 18.0. The molecule has 2 aromatic carbocycles. The molecule has 3 rings (SSSR count). The summed E-state index contributed by atoms with van der Waals surface area (Å²) in [4.78, 5) is 23.5. The van der Waals surface area contributed by atoms with Gasteiger partial charge >= 0.3 is 12.1 Å². The summed E-state index contributed by atoms with van der Waals surface area (Å²) in [7, 11) is 1.72. The summed E-state index contributed by atoms with van der Waals surface area (Å²) in [6, 6.07) is 16.0. The van der Waals surface area contributed by atoms with Gasteiger partial charge in [-0.15, -0.1) is 0 Å². The lowest BCUT2D eigenvalue weighted by atomic mass is 10.0. The fourth-order valence-corrected chi connectivity index (χ4v) is 3.55. The van der Waals surface area contributed by atoms with Crippen molar-refractivity contribution in [3.05, 3.63) is 65.2 Å². The molecular weight excluding hydrogens is 482 g/mol. The molecule has 2 atom stereocenters. The number of benzene rings is 2. The van der Waals surface area contributed by atoms with Gasteiger partial charge < -0.3 is 24.3 Å². The highest BCUT2D eigenvalue weighted by atomic mass is 16.6. The first kappa shape index (κ1) is 31.2. The fraction of sp³-hybridized carbons (Fsp3) is 0.548. The number of amides is 1. The van der Waals surface area contributed by atoms with Crippen molar-refractivity contribution in [3.8, 4) is 5.75 Å². The Morgan fingerprint density at radius 1 is 1.05 bits per heavy atom. The largest absolute Gasteiger partial charge is 0.496 e. The normalized spacial score (nSPS) is 14.4. The zero-order valence-corrected chi connectivity index (χ0v) is 24.0. The summed E-state index contributed by atoms with van der Waals surface area (Å²) < 4.78 is 21.3. The lowest BCUT2D eigenvalue weighted by molar-refractivity contribution is -0.151. The molecule has 1 aliphatic rings. The van der Waals surface area contributed by atoms with E-state index >= 15 is 0 Å². The maximum absolute atomic E-state index is 11.9. The van der Waals surface area contributed by atoms with Crippen LogP contribution < -0.4 is 10.1 Å². The number of hydrogen-bond acceptors (Lipinski definition) is 6. The average Bonchev–Trinajstić information content (AvgIpc) is 3.66. The van der Waals surface area contributed by atoms with Gasteiger partial charge in [-0.2, -0.15) is 0 Å². The first-order valence-electron chi connectivity index (χ1n) is 13.4. The van der Waals surface area contributed by atoms with Crippen LogP contribution in [0, 0.1) is 12.8 Å². The van der Waals surface area contributed by atoms with Gasteiger partial charge in [-0.25, -0.2) is 9.59 Å². The van der Waals surface area contributed by atoms with Crippen molar-refractivity contribution in [1.82, 2.24) is 5.32 Å². The van der Waals surface area contributed by atoms with E-state index in [1.807, 2.05) is 19.1 Å².